The summed E-state index contributed by atoms with van der Waals surface area (Å²) in [6.45, 7) is 4.55. The molecule has 3 rings (SSSR count). The van der Waals surface area contributed by atoms with Gasteiger partial charge in [-0.2, -0.15) is 0 Å². The van der Waals surface area contributed by atoms with Crippen LogP contribution in [0.4, 0.5) is 4.79 Å². The van der Waals surface area contributed by atoms with Crippen LogP contribution in [0.3, 0.4) is 0 Å². The van der Waals surface area contributed by atoms with Crippen molar-refractivity contribution in [1.82, 2.24) is 15.5 Å². The van der Waals surface area contributed by atoms with Gasteiger partial charge in [0.15, 0.2) is 0 Å². The maximum absolute atomic E-state index is 12.4. The van der Waals surface area contributed by atoms with E-state index in [1.54, 1.807) is 11.9 Å². The van der Waals surface area contributed by atoms with Crippen LogP contribution in [0.25, 0.3) is 0 Å². The van der Waals surface area contributed by atoms with Crippen molar-refractivity contribution in [3.05, 3.63) is 29.3 Å². The van der Waals surface area contributed by atoms with E-state index in [4.69, 9.17) is 4.74 Å². The van der Waals surface area contributed by atoms with E-state index in [0.29, 0.717) is 25.6 Å². The molecule has 1 saturated heterocycles. The molecule has 2 aliphatic rings. The maximum Gasteiger partial charge on any atom is 0.317 e. The first-order chi connectivity index (χ1) is 11.6. The second-order valence-corrected chi connectivity index (χ2v) is 6.64. The first kappa shape index (κ1) is 16.6. The molecular weight excluding hydrogens is 306 g/mol. The SMILES string of the molecule is CNC(=O)N1CCCC(C(=O)NCc2ccc3c(c2)OCC3C)C1. The van der Waals surface area contributed by atoms with Gasteiger partial charge in [0.1, 0.15) is 5.75 Å². The number of carbonyl (C=O) groups excluding carboxylic acids is 2. The predicted molar refractivity (Wildman–Crippen MR) is 91.0 cm³/mol. The molecule has 2 unspecified atom stereocenters. The van der Waals surface area contributed by atoms with Crippen LogP contribution in [0.5, 0.6) is 5.75 Å². The zero-order valence-corrected chi connectivity index (χ0v) is 14.3. The summed E-state index contributed by atoms with van der Waals surface area (Å²) in [5.74, 6) is 1.24. The van der Waals surface area contributed by atoms with Crippen molar-refractivity contribution in [1.29, 1.82) is 0 Å². The molecule has 0 spiro atoms. The summed E-state index contributed by atoms with van der Waals surface area (Å²) in [6.07, 6.45) is 1.68. The van der Waals surface area contributed by atoms with Gasteiger partial charge in [-0.15, -0.1) is 0 Å². The van der Waals surface area contributed by atoms with Gasteiger partial charge in [-0.25, -0.2) is 4.79 Å². The Morgan fingerprint density at radius 1 is 1.38 bits per heavy atom. The lowest BCUT2D eigenvalue weighted by Gasteiger charge is -2.31. The Morgan fingerprint density at radius 3 is 3.00 bits per heavy atom. The molecule has 1 aromatic rings. The topological polar surface area (TPSA) is 70.7 Å². The van der Waals surface area contributed by atoms with Gasteiger partial charge in [-0.3, -0.25) is 4.79 Å². The summed E-state index contributed by atoms with van der Waals surface area (Å²) in [5.41, 5.74) is 2.27. The Morgan fingerprint density at radius 2 is 2.21 bits per heavy atom. The Labute approximate surface area is 142 Å². The van der Waals surface area contributed by atoms with E-state index in [0.717, 1.165) is 30.8 Å². The lowest BCUT2D eigenvalue weighted by atomic mass is 9.97. The molecule has 2 atom stereocenters. The van der Waals surface area contributed by atoms with Crippen LogP contribution in [0.2, 0.25) is 0 Å². The van der Waals surface area contributed by atoms with Crippen molar-refractivity contribution in [2.45, 2.75) is 32.2 Å². The summed E-state index contributed by atoms with van der Waals surface area (Å²) in [7, 11) is 1.61. The third-order valence-corrected chi connectivity index (χ3v) is 4.86. The van der Waals surface area contributed by atoms with E-state index >= 15 is 0 Å². The van der Waals surface area contributed by atoms with Gasteiger partial charge in [0.05, 0.1) is 12.5 Å². The molecule has 2 N–H and O–H groups in total. The van der Waals surface area contributed by atoms with E-state index in [1.165, 1.54) is 5.56 Å². The summed E-state index contributed by atoms with van der Waals surface area (Å²) >= 11 is 0. The van der Waals surface area contributed by atoms with E-state index in [2.05, 4.69) is 23.6 Å². The van der Waals surface area contributed by atoms with E-state index in [-0.39, 0.29) is 17.9 Å². The number of hydrogen-bond acceptors (Lipinski definition) is 3. The molecule has 3 amide bonds. The number of benzene rings is 1. The van der Waals surface area contributed by atoms with Crippen LogP contribution in [0.1, 0.15) is 36.8 Å². The first-order valence-electron chi connectivity index (χ1n) is 8.58. The largest absolute Gasteiger partial charge is 0.493 e. The minimum Gasteiger partial charge on any atom is -0.493 e. The highest BCUT2D eigenvalue weighted by Crippen LogP contribution is 2.34. The fraction of sp³-hybridized carbons (Fsp3) is 0.556. The zero-order chi connectivity index (χ0) is 17.1. The van der Waals surface area contributed by atoms with Crippen molar-refractivity contribution < 1.29 is 14.3 Å². The van der Waals surface area contributed by atoms with Crippen molar-refractivity contribution in [2.75, 3.05) is 26.7 Å². The predicted octanol–water partition coefficient (Wildman–Crippen LogP) is 1.85. The molecule has 24 heavy (non-hydrogen) atoms. The standard InChI is InChI=1S/C18H25N3O3/c1-12-11-24-16-8-13(5-6-15(12)16)9-20-17(22)14-4-3-7-21(10-14)18(23)19-2/h5-6,8,12,14H,3-4,7,9-11H2,1-2H3,(H,19,23)(H,20,22). The number of carbonyl (C=O) groups is 2. The minimum absolute atomic E-state index is 0.0124. The molecular formula is C18H25N3O3. The van der Waals surface area contributed by atoms with Crippen LogP contribution in [-0.4, -0.2) is 43.6 Å². The average Bonchev–Trinajstić information content (AvgIpc) is 2.99. The van der Waals surface area contributed by atoms with E-state index in [1.807, 2.05) is 12.1 Å². The number of hydrogen-bond donors (Lipinski definition) is 2. The molecule has 2 heterocycles. The van der Waals surface area contributed by atoms with Crippen LogP contribution >= 0.6 is 0 Å². The number of urea groups is 1. The van der Waals surface area contributed by atoms with E-state index in [9.17, 15) is 9.59 Å². The lowest BCUT2D eigenvalue weighted by Crippen LogP contribution is -2.48. The Balaban J connectivity index is 1.55. The summed E-state index contributed by atoms with van der Waals surface area (Å²) in [4.78, 5) is 25.8. The van der Waals surface area contributed by atoms with Crippen molar-refractivity contribution in [3.8, 4) is 5.75 Å². The zero-order valence-electron chi connectivity index (χ0n) is 14.3. The molecule has 1 aromatic carbocycles. The van der Waals surface area contributed by atoms with Gasteiger partial charge in [-0.05, 0) is 24.5 Å². The molecule has 6 heteroatoms. The maximum atomic E-state index is 12.4. The van der Waals surface area contributed by atoms with Gasteiger partial charge in [0.2, 0.25) is 5.91 Å². The number of likely N-dealkylation sites (tertiary alicyclic amines) is 1. The number of nitrogens with zero attached hydrogens (tertiary/aromatic N) is 1. The molecule has 1 fully saturated rings. The highest BCUT2D eigenvalue weighted by Gasteiger charge is 2.28. The van der Waals surface area contributed by atoms with Crippen LogP contribution in [-0.2, 0) is 11.3 Å². The average molecular weight is 331 g/mol. The van der Waals surface area contributed by atoms with Crippen LogP contribution in [0, 0.1) is 5.92 Å². The molecule has 0 aromatic heterocycles. The number of amides is 3. The van der Waals surface area contributed by atoms with Gasteiger partial charge in [0, 0.05) is 38.2 Å². The number of ether oxygens (including phenoxy) is 1. The third-order valence-electron chi connectivity index (χ3n) is 4.86. The molecule has 6 nitrogen and oxygen atoms in total. The second-order valence-electron chi connectivity index (χ2n) is 6.64. The summed E-state index contributed by atoms with van der Waals surface area (Å²) < 4.78 is 5.66. The molecule has 2 aliphatic heterocycles. The molecule has 0 aliphatic carbocycles. The van der Waals surface area contributed by atoms with Crippen molar-refractivity contribution >= 4 is 11.9 Å². The number of fused-ring (bicyclic) bond motifs is 1. The summed E-state index contributed by atoms with van der Waals surface area (Å²) in [6, 6.07) is 6.03. The van der Waals surface area contributed by atoms with Gasteiger partial charge >= 0.3 is 6.03 Å². The first-order valence-corrected chi connectivity index (χ1v) is 8.58. The number of piperidine rings is 1. The van der Waals surface area contributed by atoms with E-state index < -0.39 is 0 Å². The highest BCUT2D eigenvalue weighted by molar-refractivity contribution is 5.80. The molecule has 0 bridgehead atoms. The smallest absolute Gasteiger partial charge is 0.317 e. The minimum atomic E-state index is -0.137. The number of rotatable bonds is 3. The van der Waals surface area contributed by atoms with Crippen LogP contribution < -0.4 is 15.4 Å². The van der Waals surface area contributed by atoms with Gasteiger partial charge in [-0.1, -0.05) is 19.1 Å². The third kappa shape index (κ3) is 3.47. The molecule has 130 valence electrons. The van der Waals surface area contributed by atoms with Crippen molar-refractivity contribution in [2.24, 2.45) is 5.92 Å². The van der Waals surface area contributed by atoms with Gasteiger partial charge < -0.3 is 20.3 Å². The Kier molecular flexibility index (Phi) is 4.92. The lowest BCUT2D eigenvalue weighted by molar-refractivity contribution is -0.126. The summed E-state index contributed by atoms with van der Waals surface area (Å²) in [5, 5.41) is 5.62. The second kappa shape index (κ2) is 7.11. The molecule has 0 saturated carbocycles. The molecule has 0 radical (unpaired) electrons. The van der Waals surface area contributed by atoms with Gasteiger partial charge in [0.25, 0.3) is 0 Å². The highest BCUT2D eigenvalue weighted by atomic mass is 16.5. The van der Waals surface area contributed by atoms with Crippen molar-refractivity contribution in [3.63, 3.8) is 0 Å². The fourth-order valence-corrected chi connectivity index (χ4v) is 3.39. The quantitative estimate of drug-likeness (QED) is 0.888. The van der Waals surface area contributed by atoms with Crippen LogP contribution in [0.15, 0.2) is 18.2 Å². The normalized spacial score (nSPS) is 22.5. The monoisotopic (exact) mass is 331 g/mol. The number of nitrogens with one attached hydrogen (secondary N) is 2. The Hall–Kier alpha value is -2.24. The Bertz CT molecular complexity index is 632. The fourth-order valence-electron chi connectivity index (χ4n) is 3.39.